The van der Waals surface area contributed by atoms with Crippen molar-refractivity contribution in [2.75, 3.05) is 32.0 Å². The highest BCUT2D eigenvalue weighted by molar-refractivity contribution is 6.31. The first-order chi connectivity index (χ1) is 14.6. The van der Waals surface area contributed by atoms with E-state index >= 15 is 0 Å². The molecule has 1 aliphatic rings. The van der Waals surface area contributed by atoms with Crippen LogP contribution in [-0.4, -0.2) is 52.4 Å². The Balaban J connectivity index is 1.69. The van der Waals surface area contributed by atoms with Crippen molar-refractivity contribution < 1.29 is 22.4 Å². The minimum Gasteiger partial charge on any atom is -0.382 e. The number of hydrogen-bond donors (Lipinski definition) is 2. The molecule has 1 fully saturated rings. The molecule has 0 saturated carbocycles. The number of aromatic nitrogens is 3. The summed E-state index contributed by atoms with van der Waals surface area (Å²) in [6.07, 6.45) is -2.42. The van der Waals surface area contributed by atoms with Gasteiger partial charge in [-0.3, -0.25) is 4.68 Å². The van der Waals surface area contributed by atoms with Gasteiger partial charge in [-0.1, -0.05) is 11.6 Å². The van der Waals surface area contributed by atoms with Crippen LogP contribution in [0, 0.1) is 5.82 Å². The fourth-order valence-electron chi connectivity index (χ4n) is 3.61. The van der Waals surface area contributed by atoms with Crippen LogP contribution in [0.1, 0.15) is 5.69 Å². The van der Waals surface area contributed by atoms with Crippen LogP contribution in [0.25, 0.3) is 10.9 Å². The Bertz CT molecular complexity index is 1140. The molecule has 0 bridgehead atoms. The third-order valence-electron chi connectivity index (χ3n) is 5.18. The van der Waals surface area contributed by atoms with E-state index in [2.05, 4.69) is 20.7 Å². The summed E-state index contributed by atoms with van der Waals surface area (Å²) in [6.45, 7) is 0.470. The third kappa shape index (κ3) is 3.97. The van der Waals surface area contributed by atoms with E-state index in [1.807, 2.05) is 0 Å². The number of carbonyl (C=O) groups excluding carboxylic acids is 1. The molecule has 0 radical (unpaired) electrons. The molecule has 1 saturated heterocycles. The number of fused-ring (bicyclic) bond motifs is 1. The van der Waals surface area contributed by atoms with Crippen molar-refractivity contribution in [3.63, 3.8) is 0 Å². The van der Waals surface area contributed by atoms with Crippen molar-refractivity contribution in [1.29, 1.82) is 0 Å². The first kappa shape index (κ1) is 21.2. The highest BCUT2D eigenvalue weighted by Crippen LogP contribution is 2.35. The molecule has 2 amide bonds. The number of amides is 2. The van der Waals surface area contributed by atoms with Crippen LogP contribution in [0.5, 0.6) is 0 Å². The first-order valence-electron chi connectivity index (χ1n) is 9.20. The third-order valence-corrected chi connectivity index (χ3v) is 5.41. The van der Waals surface area contributed by atoms with Crippen molar-refractivity contribution in [3.05, 3.63) is 53.2 Å². The second-order valence-corrected chi connectivity index (χ2v) is 7.74. The number of urea groups is 1. The molecule has 2 aromatic heterocycles. The summed E-state index contributed by atoms with van der Waals surface area (Å²) < 4.78 is 55.0. The zero-order chi connectivity index (χ0) is 22.4. The lowest BCUT2D eigenvalue weighted by Crippen LogP contribution is -2.68. The second kappa shape index (κ2) is 7.56. The molecule has 0 aliphatic carbocycles. The van der Waals surface area contributed by atoms with Gasteiger partial charge in [-0.2, -0.15) is 18.3 Å². The Morgan fingerprint density at radius 2 is 2.03 bits per heavy atom. The maximum atomic E-state index is 13.6. The first-order valence-corrected chi connectivity index (χ1v) is 9.58. The van der Waals surface area contributed by atoms with E-state index in [-0.39, 0.29) is 36.9 Å². The Morgan fingerprint density at radius 3 is 2.65 bits per heavy atom. The van der Waals surface area contributed by atoms with Crippen LogP contribution in [0.3, 0.4) is 0 Å². The quantitative estimate of drug-likeness (QED) is 0.587. The van der Waals surface area contributed by atoms with E-state index < -0.39 is 23.2 Å². The average molecular weight is 457 g/mol. The summed E-state index contributed by atoms with van der Waals surface area (Å²) in [7, 11) is 1.49. The van der Waals surface area contributed by atoms with Gasteiger partial charge in [0.2, 0.25) is 0 Å². The minimum atomic E-state index is -4.64. The van der Waals surface area contributed by atoms with Crippen LogP contribution in [0.2, 0.25) is 5.02 Å². The second-order valence-electron chi connectivity index (χ2n) is 7.31. The Hall–Kier alpha value is -3.08. The minimum absolute atomic E-state index is 0.0878. The number of anilines is 1. The number of nitrogens with one attached hydrogen (secondary N) is 2. The Morgan fingerprint density at radius 1 is 1.29 bits per heavy atom. The van der Waals surface area contributed by atoms with Crippen LogP contribution in [0.15, 0.2) is 36.7 Å². The van der Waals surface area contributed by atoms with Crippen LogP contribution in [-0.2, 0) is 11.7 Å². The number of hydrogen-bond acceptors (Lipinski definition) is 4. The van der Waals surface area contributed by atoms with Gasteiger partial charge in [0, 0.05) is 29.7 Å². The molecule has 0 atom stereocenters. The van der Waals surface area contributed by atoms with Crippen molar-refractivity contribution in [2.24, 2.45) is 0 Å². The van der Waals surface area contributed by atoms with E-state index in [0.29, 0.717) is 10.4 Å². The van der Waals surface area contributed by atoms with Gasteiger partial charge in [0.25, 0.3) is 0 Å². The van der Waals surface area contributed by atoms with Gasteiger partial charge in [0.15, 0.2) is 5.82 Å². The SMILES string of the molecule is CNC(=O)N1CC(CNc2cc(C(F)(F)F)nc3ccc(Cl)cc23)(n2cc(F)cn2)C1. The molecule has 3 heterocycles. The monoisotopic (exact) mass is 456 g/mol. The number of alkyl halides is 3. The summed E-state index contributed by atoms with van der Waals surface area (Å²) in [5.41, 5.74) is -1.60. The van der Waals surface area contributed by atoms with E-state index in [1.165, 1.54) is 41.0 Å². The molecule has 164 valence electrons. The van der Waals surface area contributed by atoms with Crippen LogP contribution < -0.4 is 10.6 Å². The number of carbonyl (C=O) groups is 1. The number of rotatable bonds is 4. The summed E-state index contributed by atoms with van der Waals surface area (Å²) in [5.74, 6) is -0.557. The number of nitrogens with zero attached hydrogens (tertiary/aromatic N) is 4. The lowest BCUT2D eigenvalue weighted by Gasteiger charge is -2.49. The van der Waals surface area contributed by atoms with Crippen molar-refractivity contribution in [2.45, 2.75) is 11.7 Å². The number of benzene rings is 1. The summed E-state index contributed by atoms with van der Waals surface area (Å²) in [4.78, 5) is 17.1. The lowest BCUT2D eigenvalue weighted by atomic mass is 9.89. The van der Waals surface area contributed by atoms with Gasteiger partial charge in [-0.05, 0) is 24.3 Å². The van der Waals surface area contributed by atoms with Gasteiger partial charge < -0.3 is 15.5 Å². The van der Waals surface area contributed by atoms with Crippen molar-refractivity contribution in [3.8, 4) is 0 Å². The maximum absolute atomic E-state index is 13.6. The van der Waals surface area contributed by atoms with Crippen molar-refractivity contribution >= 4 is 34.2 Å². The summed E-state index contributed by atoms with van der Waals surface area (Å²) in [5, 5.41) is 10.3. The zero-order valence-electron chi connectivity index (χ0n) is 16.2. The van der Waals surface area contributed by atoms with Gasteiger partial charge >= 0.3 is 12.2 Å². The molecule has 3 aromatic rings. The van der Waals surface area contributed by atoms with Gasteiger partial charge in [-0.25, -0.2) is 14.2 Å². The van der Waals surface area contributed by atoms with Crippen LogP contribution >= 0.6 is 11.6 Å². The predicted octanol–water partition coefficient (Wildman–Crippen LogP) is 3.71. The molecule has 1 aromatic carbocycles. The van der Waals surface area contributed by atoms with Crippen molar-refractivity contribution in [1.82, 2.24) is 25.0 Å². The molecule has 0 unspecified atom stereocenters. The van der Waals surface area contributed by atoms with E-state index in [1.54, 1.807) is 0 Å². The Kier molecular flexibility index (Phi) is 5.16. The fourth-order valence-corrected chi connectivity index (χ4v) is 3.79. The van der Waals surface area contributed by atoms with E-state index in [4.69, 9.17) is 11.6 Å². The number of likely N-dealkylation sites (tertiary alicyclic amines) is 1. The maximum Gasteiger partial charge on any atom is 0.433 e. The molecule has 12 heteroatoms. The van der Waals surface area contributed by atoms with Gasteiger partial charge in [0.1, 0.15) is 11.2 Å². The van der Waals surface area contributed by atoms with E-state index in [0.717, 1.165) is 12.3 Å². The molecule has 4 rings (SSSR count). The molecule has 31 heavy (non-hydrogen) atoms. The smallest absolute Gasteiger partial charge is 0.382 e. The molecule has 1 aliphatic heterocycles. The largest absolute Gasteiger partial charge is 0.433 e. The lowest BCUT2D eigenvalue weighted by molar-refractivity contribution is -0.140. The van der Waals surface area contributed by atoms with Gasteiger partial charge in [-0.15, -0.1) is 0 Å². The predicted molar refractivity (Wildman–Crippen MR) is 106 cm³/mol. The zero-order valence-corrected chi connectivity index (χ0v) is 16.9. The van der Waals surface area contributed by atoms with Crippen LogP contribution in [0.4, 0.5) is 28.0 Å². The molecular weight excluding hydrogens is 440 g/mol. The Labute approximate surface area is 179 Å². The fraction of sp³-hybridized carbons (Fsp3) is 0.316. The van der Waals surface area contributed by atoms with E-state index in [9.17, 15) is 22.4 Å². The number of halogens is 5. The normalized spacial score (nSPS) is 15.6. The average Bonchev–Trinajstić information content (AvgIpc) is 3.12. The highest BCUT2D eigenvalue weighted by Gasteiger charge is 2.47. The summed E-state index contributed by atoms with van der Waals surface area (Å²) >= 11 is 6.03. The molecule has 7 nitrogen and oxygen atoms in total. The molecule has 2 N–H and O–H groups in total. The number of pyridine rings is 1. The standard InChI is InChI=1S/C19H17ClF4N6O/c1-25-17(31)29-9-18(10-29,30-7-12(21)6-27-30)8-26-15-5-16(19(22,23)24)28-14-3-2-11(20)4-13(14)15/h2-7H,8-10H2,1H3,(H,25,31)(H,26,28). The summed E-state index contributed by atoms with van der Waals surface area (Å²) in [6, 6.07) is 4.98. The molecule has 0 spiro atoms. The van der Waals surface area contributed by atoms with Gasteiger partial charge in [0.05, 0.1) is 31.0 Å². The highest BCUT2D eigenvalue weighted by atomic mass is 35.5. The topological polar surface area (TPSA) is 75.1 Å². The molecular formula is C19H17ClF4N6O.